The first-order chi connectivity index (χ1) is 8.74. The fraction of sp³-hybridized carbons (Fsp3) is 0.714. The van der Waals surface area contributed by atoms with E-state index in [4.69, 9.17) is 13.3 Å². The molecule has 0 N–H and O–H groups in total. The van der Waals surface area contributed by atoms with Gasteiger partial charge < -0.3 is 13.3 Å². The number of unbranched alkanes of at least 4 members (excludes halogenated alkanes) is 2. The summed E-state index contributed by atoms with van der Waals surface area (Å²) in [5, 5.41) is 0. The molecule has 106 valence electrons. The van der Waals surface area contributed by atoms with Gasteiger partial charge in [0.05, 0.1) is 0 Å². The Morgan fingerprint density at radius 2 is 1.39 bits per heavy atom. The summed E-state index contributed by atoms with van der Waals surface area (Å²) in [5.41, 5.74) is 1.96. The Labute approximate surface area is 113 Å². The van der Waals surface area contributed by atoms with E-state index in [-0.39, 0.29) is 0 Å². The third-order valence-electron chi connectivity index (χ3n) is 2.31. The van der Waals surface area contributed by atoms with E-state index in [0.29, 0.717) is 19.8 Å². The highest BCUT2D eigenvalue weighted by molar-refractivity contribution is 6.66. The van der Waals surface area contributed by atoms with Gasteiger partial charge in [0.2, 0.25) is 0 Å². The molecule has 0 atom stereocenters. The van der Waals surface area contributed by atoms with Gasteiger partial charge in [-0.2, -0.15) is 0 Å². The molecule has 0 fully saturated rings. The van der Waals surface area contributed by atoms with Crippen molar-refractivity contribution in [3.8, 4) is 0 Å². The van der Waals surface area contributed by atoms with Gasteiger partial charge >= 0.3 is 8.80 Å². The van der Waals surface area contributed by atoms with Crippen molar-refractivity contribution in [3.63, 3.8) is 0 Å². The second-order valence-corrected chi connectivity index (χ2v) is 6.24. The van der Waals surface area contributed by atoms with Crippen LogP contribution in [0.3, 0.4) is 0 Å². The summed E-state index contributed by atoms with van der Waals surface area (Å²) in [7, 11) is -2.60. The van der Waals surface area contributed by atoms with Crippen LogP contribution in [0.4, 0.5) is 0 Å². The molecule has 0 saturated heterocycles. The average molecular weight is 272 g/mol. The van der Waals surface area contributed by atoms with Crippen LogP contribution < -0.4 is 0 Å². The van der Waals surface area contributed by atoms with Gasteiger partial charge in [0.25, 0.3) is 0 Å². The summed E-state index contributed by atoms with van der Waals surface area (Å²) in [5.74, 6) is 0. The maximum absolute atomic E-state index is 5.71. The maximum atomic E-state index is 5.71. The zero-order chi connectivity index (χ0) is 13.7. The number of rotatable bonds is 11. The van der Waals surface area contributed by atoms with Gasteiger partial charge in [-0.05, 0) is 32.9 Å². The Kier molecular flexibility index (Phi) is 11.4. The molecule has 0 aliphatic heterocycles. The van der Waals surface area contributed by atoms with Crippen molar-refractivity contribution in [2.45, 2.75) is 47.0 Å². The Morgan fingerprint density at radius 1 is 0.833 bits per heavy atom. The van der Waals surface area contributed by atoms with Crippen LogP contribution in [0.5, 0.6) is 0 Å². The van der Waals surface area contributed by atoms with Crippen molar-refractivity contribution < 1.29 is 13.3 Å². The quantitative estimate of drug-likeness (QED) is 0.324. The first kappa shape index (κ1) is 17.6. The molecular weight excluding hydrogens is 244 g/mol. The van der Waals surface area contributed by atoms with Crippen LogP contribution in [-0.4, -0.2) is 28.6 Å². The molecule has 0 rings (SSSR count). The van der Waals surface area contributed by atoms with Crippen molar-refractivity contribution in [1.82, 2.24) is 0 Å². The number of hydrogen-bond donors (Lipinski definition) is 0. The molecule has 3 nitrogen and oxygen atoms in total. The van der Waals surface area contributed by atoms with Crippen molar-refractivity contribution in [2.75, 3.05) is 19.8 Å². The van der Waals surface area contributed by atoms with Crippen molar-refractivity contribution >= 4 is 8.80 Å². The van der Waals surface area contributed by atoms with E-state index in [1.54, 1.807) is 0 Å². The van der Waals surface area contributed by atoms with Gasteiger partial charge in [-0.15, -0.1) is 0 Å². The van der Waals surface area contributed by atoms with E-state index in [0.717, 1.165) is 6.42 Å². The molecule has 0 radical (unpaired) electrons. The van der Waals surface area contributed by atoms with E-state index in [2.05, 4.69) is 19.1 Å². The van der Waals surface area contributed by atoms with E-state index in [1.165, 1.54) is 12.8 Å². The average Bonchev–Trinajstić information content (AvgIpc) is 2.35. The predicted octanol–water partition coefficient (Wildman–Crippen LogP) is 3.88. The highest BCUT2D eigenvalue weighted by Gasteiger charge is 2.37. The fourth-order valence-electron chi connectivity index (χ4n) is 1.54. The molecule has 0 bridgehead atoms. The van der Waals surface area contributed by atoms with Crippen LogP contribution in [0, 0.1) is 0 Å². The molecular formula is C14H28O3Si. The second kappa shape index (κ2) is 11.7. The Bertz CT molecular complexity index is 222. The first-order valence-corrected chi connectivity index (χ1v) is 8.81. The summed E-state index contributed by atoms with van der Waals surface area (Å²) in [6, 6.07) is 0. The molecule has 0 aliphatic carbocycles. The highest BCUT2D eigenvalue weighted by atomic mass is 28.4. The van der Waals surface area contributed by atoms with Crippen LogP contribution in [-0.2, 0) is 13.3 Å². The lowest BCUT2D eigenvalue weighted by atomic mass is 10.2. The normalized spacial score (nSPS) is 12.9. The van der Waals surface area contributed by atoms with Crippen LogP contribution in [0.1, 0.15) is 47.0 Å². The Morgan fingerprint density at radius 3 is 1.83 bits per heavy atom. The van der Waals surface area contributed by atoms with Crippen LogP contribution >= 0.6 is 0 Å². The predicted molar refractivity (Wildman–Crippen MR) is 78.4 cm³/mol. The molecule has 0 aliphatic rings. The molecule has 0 heterocycles. The van der Waals surface area contributed by atoms with Gasteiger partial charge in [0, 0.05) is 19.8 Å². The third-order valence-corrected chi connectivity index (χ3v) is 4.98. The van der Waals surface area contributed by atoms with E-state index in [1.807, 2.05) is 32.5 Å². The summed E-state index contributed by atoms with van der Waals surface area (Å²) >= 11 is 0. The van der Waals surface area contributed by atoms with Crippen molar-refractivity contribution in [3.05, 3.63) is 23.9 Å². The maximum Gasteiger partial charge on any atom is 0.529 e. The zero-order valence-electron chi connectivity index (χ0n) is 12.3. The summed E-state index contributed by atoms with van der Waals surface area (Å²) in [4.78, 5) is 0. The summed E-state index contributed by atoms with van der Waals surface area (Å²) in [6.45, 7) is 9.91. The molecule has 4 heteroatoms. The van der Waals surface area contributed by atoms with Crippen molar-refractivity contribution in [2.24, 2.45) is 0 Å². The molecule has 0 saturated carbocycles. The lowest BCUT2D eigenvalue weighted by Gasteiger charge is -2.25. The van der Waals surface area contributed by atoms with Crippen LogP contribution in [0.15, 0.2) is 23.9 Å². The second-order valence-electron chi connectivity index (χ2n) is 3.83. The minimum atomic E-state index is -2.60. The molecule has 0 aromatic carbocycles. The van der Waals surface area contributed by atoms with E-state index in [9.17, 15) is 0 Å². The smallest absolute Gasteiger partial charge is 0.371 e. The van der Waals surface area contributed by atoms with E-state index >= 15 is 0 Å². The number of hydrogen-bond acceptors (Lipinski definition) is 3. The SMILES string of the molecule is CCCC/C=C/C=C/[Si](OCC)(OCC)OCC. The van der Waals surface area contributed by atoms with E-state index < -0.39 is 8.80 Å². The van der Waals surface area contributed by atoms with Crippen LogP contribution in [0.25, 0.3) is 0 Å². The van der Waals surface area contributed by atoms with Crippen molar-refractivity contribution in [1.29, 1.82) is 0 Å². The molecule has 0 aromatic rings. The summed E-state index contributed by atoms with van der Waals surface area (Å²) < 4.78 is 17.1. The van der Waals surface area contributed by atoms with Crippen LogP contribution in [0.2, 0.25) is 0 Å². The lowest BCUT2D eigenvalue weighted by Crippen LogP contribution is -2.44. The Hall–Kier alpha value is -0.423. The Balaban J connectivity index is 4.44. The largest absolute Gasteiger partial charge is 0.529 e. The number of allylic oxidation sites excluding steroid dienone is 3. The lowest BCUT2D eigenvalue weighted by molar-refractivity contribution is 0.0843. The van der Waals surface area contributed by atoms with Gasteiger partial charge in [-0.3, -0.25) is 0 Å². The van der Waals surface area contributed by atoms with Gasteiger partial charge in [0.15, 0.2) is 0 Å². The van der Waals surface area contributed by atoms with Gasteiger partial charge in [0.1, 0.15) is 0 Å². The molecule has 0 aromatic heterocycles. The zero-order valence-corrected chi connectivity index (χ0v) is 13.3. The fourth-order valence-corrected chi connectivity index (χ4v) is 3.64. The first-order valence-electron chi connectivity index (χ1n) is 7.00. The highest BCUT2D eigenvalue weighted by Crippen LogP contribution is 2.12. The topological polar surface area (TPSA) is 27.7 Å². The van der Waals surface area contributed by atoms with Gasteiger partial charge in [-0.1, -0.05) is 38.0 Å². The molecule has 18 heavy (non-hydrogen) atoms. The minimum Gasteiger partial charge on any atom is -0.371 e. The van der Waals surface area contributed by atoms with Gasteiger partial charge in [-0.25, -0.2) is 0 Å². The third kappa shape index (κ3) is 7.82. The molecule has 0 amide bonds. The minimum absolute atomic E-state index is 0.607. The standard InChI is InChI=1S/C14H28O3Si/c1-5-9-10-11-12-13-14-18(15-6-2,16-7-3)17-8-4/h11-14H,5-10H2,1-4H3/b12-11+,14-13+. The monoisotopic (exact) mass is 272 g/mol. The molecule has 0 unspecified atom stereocenters. The molecule has 0 spiro atoms. The summed E-state index contributed by atoms with van der Waals surface area (Å²) in [6.07, 6.45) is 9.78.